The fourth-order valence-electron chi connectivity index (χ4n) is 8.83. The average molecular weight is 1080 g/mol. The quantitative estimate of drug-likeness (QED) is 0.0713. The first-order valence-corrected chi connectivity index (χ1v) is 24.6. The number of amides is 4. The number of methoxy groups -OCH3 is 4. The summed E-state index contributed by atoms with van der Waals surface area (Å²) < 4.78 is 21.7. The molecule has 393 valence electrons. The SMILES string of the molecule is CO[C@H](C)C(=O)Nc1cccc(NC(=O)[C@@H](C)OC)c1-c1c2nc(c(-c3ccccc3)c3ccc([n-]3)c(-c3c(NC(=O)[C@@H](C)OC)cccc3NC(=O)[C@@H](C)OC)c3nc(c(-c4ccccc4)c4ccc1[n-]4)C=C3)C=C2.[Co+2]. The molecule has 17 heteroatoms. The van der Waals surface area contributed by atoms with E-state index in [2.05, 4.69) is 21.3 Å². The molecule has 4 N–H and O–H groups in total. The Morgan fingerprint density at radius 3 is 0.896 bits per heavy atom. The molecule has 2 aliphatic heterocycles. The summed E-state index contributed by atoms with van der Waals surface area (Å²) in [7, 11) is 5.82. The van der Waals surface area contributed by atoms with Crippen molar-refractivity contribution in [3.8, 4) is 44.5 Å². The number of nitrogens with one attached hydrogen (secondary N) is 4. The molecule has 0 fully saturated rings. The summed E-state index contributed by atoms with van der Waals surface area (Å²) in [6, 6.07) is 37.5. The van der Waals surface area contributed by atoms with Gasteiger partial charge in [0.15, 0.2) is 0 Å². The van der Waals surface area contributed by atoms with Crippen LogP contribution in [0, 0.1) is 0 Å². The van der Waals surface area contributed by atoms with Crippen LogP contribution in [0.5, 0.6) is 0 Å². The number of hydrogen-bond acceptors (Lipinski definition) is 10. The molecule has 0 aliphatic carbocycles. The first-order valence-electron chi connectivity index (χ1n) is 24.6. The molecule has 3 aromatic heterocycles. The number of aromatic nitrogens is 4. The molecule has 2 aliphatic rings. The van der Waals surface area contributed by atoms with E-state index in [1.165, 1.54) is 28.4 Å². The zero-order valence-electron chi connectivity index (χ0n) is 43.6. The smallest absolute Gasteiger partial charge is 0.657 e. The van der Waals surface area contributed by atoms with E-state index >= 15 is 0 Å². The first-order chi connectivity index (χ1) is 36.8. The van der Waals surface area contributed by atoms with Crippen LogP contribution in [-0.2, 0) is 54.9 Å². The molecule has 4 aromatic carbocycles. The van der Waals surface area contributed by atoms with Crippen LogP contribution in [-0.4, -0.2) is 86.5 Å². The van der Waals surface area contributed by atoms with Crippen molar-refractivity contribution in [3.05, 3.63) is 144 Å². The van der Waals surface area contributed by atoms with Gasteiger partial charge in [-0.15, -0.1) is 22.1 Å². The third kappa shape index (κ3) is 11.5. The second-order valence-corrected chi connectivity index (χ2v) is 18.0. The zero-order chi connectivity index (χ0) is 53.6. The third-order valence-electron chi connectivity index (χ3n) is 13.3. The van der Waals surface area contributed by atoms with E-state index in [4.69, 9.17) is 38.9 Å². The molecule has 0 spiro atoms. The number of ether oxygens (including phenoxy) is 4. The third-order valence-corrected chi connectivity index (χ3v) is 13.3. The van der Waals surface area contributed by atoms with Gasteiger partial charge in [0.05, 0.1) is 45.5 Å². The predicted octanol–water partition coefficient (Wildman–Crippen LogP) is 10.5. The molecular formula is C60H56CoN8O8. The van der Waals surface area contributed by atoms with Gasteiger partial charge < -0.3 is 50.2 Å². The molecule has 9 rings (SSSR count). The second-order valence-electron chi connectivity index (χ2n) is 18.0. The average Bonchev–Trinajstić information content (AvgIpc) is 4.31. The van der Waals surface area contributed by atoms with Crippen LogP contribution in [0.1, 0.15) is 50.5 Å². The van der Waals surface area contributed by atoms with Crippen molar-refractivity contribution in [1.82, 2.24) is 19.9 Å². The molecule has 1 radical (unpaired) electrons. The zero-order valence-corrected chi connectivity index (χ0v) is 44.6. The van der Waals surface area contributed by atoms with E-state index in [0.717, 1.165) is 11.1 Å². The van der Waals surface area contributed by atoms with Gasteiger partial charge in [0, 0.05) is 39.6 Å². The molecular weight excluding hydrogens is 1020 g/mol. The van der Waals surface area contributed by atoms with E-state index in [0.29, 0.717) is 101 Å². The van der Waals surface area contributed by atoms with Crippen molar-refractivity contribution in [2.75, 3.05) is 49.7 Å². The Labute approximate surface area is 455 Å². The Morgan fingerprint density at radius 2 is 0.623 bits per heavy atom. The van der Waals surface area contributed by atoms with Crippen LogP contribution in [0.3, 0.4) is 0 Å². The van der Waals surface area contributed by atoms with Crippen LogP contribution >= 0.6 is 0 Å². The molecule has 7 aromatic rings. The Hall–Kier alpha value is -8.29. The van der Waals surface area contributed by atoms with E-state index in [1.54, 1.807) is 64.1 Å². The van der Waals surface area contributed by atoms with Crippen LogP contribution in [0.2, 0.25) is 0 Å². The van der Waals surface area contributed by atoms with Gasteiger partial charge in [0.25, 0.3) is 23.6 Å². The van der Waals surface area contributed by atoms with Crippen molar-refractivity contribution >= 4 is 92.7 Å². The fraction of sp³-hybridized carbons (Fsp3) is 0.200. The molecule has 0 saturated heterocycles. The summed E-state index contributed by atoms with van der Waals surface area (Å²) >= 11 is 0. The standard InChI is InChI=1S/C60H58N8O8.Co/c1-33(73-5)57(69)65-39-21-15-22-40(66-58(70)34(2)74-6)53(39)55-47-29-25-43(61-47)51(37-17-11-9-12-18-37)45-27-31-49(63-45)56(50-32-28-46(64-50)52(38-19-13-10-14-20-38)44-26-30-48(55)62-44)54-41(67-59(71)35(3)75-7)23-16-24-42(54)68-60(72)36(4)76-8;/h9-36H,1-8H3,(H6,61,62,63,64,65,66,67,68,69,70,71,72);/q;+2/p-2/t33-,34-,35-,36-;/m1./s1. The molecule has 8 bridgehead atoms. The number of nitrogens with zero attached hydrogens (tertiary/aromatic N) is 4. The molecule has 5 heterocycles. The minimum absolute atomic E-state index is 0. The molecule has 0 saturated carbocycles. The molecule has 4 atom stereocenters. The molecule has 0 unspecified atom stereocenters. The number of carbonyl (C=O) groups is 4. The topological polar surface area (TPSA) is 207 Å². The van der Waals surface area contributed by atoms with E-state index < -0.39 is 48.0 Å². The van der Waals surface area contributed by atoms with Crippen molar-refractivity contribution < 1.29 is 54.9 Å². The van der Waals surface area contributed by atoms with Gasteiger partial charge >= 0.3 is 16.8 Å². The minimum Gasteiger partial charge on any atom is -0.657 e. The van der Waals surface area contributed by atoms with Gasteiger partial charge in [-0.1, -0.05) is 97.1 Å². The molecule has 16 nitrogen and oxygen atoms in total. The van der Waals surface area contributed by atoms with E-state index in [1.807, 2.05) is 109 Å². The van der Waals surface area contributed by atoms with Crippen LogP contribution < -0.4 is 31.2 Å². The van der Waals surface area contributed by atoms with Gasteiger partial charge in [-0.3, -0.25) is 19.2 Å². The number of anilines is 4. The van der Waals surface area contributed by atoms with Crippen LogP contribution in [0.15, 0.2) is 121 Å². The maximum Gasteiger partial charge on any atom is 2.00 e. The van der Waals surface area contributed by atoms with Crippen LogP contribution in [0.4, 0.5) is 22.7 Å². The maximum atomic E-state index is 13.7. The number of carbonyl (C=O) groups excluding carboxylic acids is 4. The summed E-state index contributed by atoms with van der Waals surface area (Å²) in [6.45, 7) is 6.58. The minimum atomic E-state index is -0.821. The summed E-state index contributed by atoms with van der Waals surface area (Å²) in [4.78, 5) is 76.6. The number of fused-ring (bicyclic) bond motifs is 8. The van der Waals surface area contributed by atoms with Crippen molar-refractivity contribution in [3.63, 3.8) is 0 Å². The number of hydrogen-bond donors (Lipinski definition) is 4. The van der Waals surface area contributed by atoms with E-state index in [-0.39, 0.29) is 16.8 Å². The van der Waals surface area contributed by atoms with Gasteiger partial charge in [-0.2, -0.15) is 0 Å². The predicted molar refractivity (Wildman–Crippen MR) is 299 cm³/mol. The summed E-state index contributed by atoms with van der Waals surface area (Å²) in [5, 5.41) is 12.2. The van der Waals surface area contributed by atoms with Crippen molar-refractivity contribution in [2.45, 2.75) is 52.1 Å². The molecule has 4 amide bonds. The Balaban J connectivity index is 0.00000784. The van der Waals surface area contributed by atoms with Crippen molar-refractivity contribution in [1.29, 1.82) is 0 Å². The number of rotatable bonds is 16. The number of benzene rings is 4. The van der Waals surface area contributed by atoms with Gasteiger partial charge in [-0.25, -0.2) is 9.97 Å². The Bertz CT molecular complexity index is 3290. The second kappa shape index (κ2) is 24.1. The largest absolute Gasteiger partial charge is 2.00 e. The van der Waals surface area contributed by atoms with Crippen LogP contribution in [0.25, 0.3) is 90.9 Å². The van der Waals surface area contributed by atoms with Gasteiger partial charge in [0.2, 0.25) is 0 Å². The summed E-state index contributed by atoms with van der Waals surface area (Å²) in [5.74, 6) is -1.67. The first kappa shape index (κ1) is 55.0. The van der Waals surface area contributed by atoms with Gasteiger partial charge in [-0.05, 0) is 110 Å². The molecule has 77 heavy (non-hydrogen) atoms. The van der Waals surface area contributed by atoms with Crippen molar-refractivity contribution in [2.24, 2.45) is 0 Å². The van der Waals surface area contributed by atoms with E-state index in [9.17, 15) is 19.2 Å². The van der Waals surface area contributed by atoms with Gasteiger partial charge in [0.1, 0.15) is 24.4 Å². The Kier molecular flexibility index (Phi) is 17.2. The normalized spacial score (nSPS) is 13.2. The summed E-state index contributed by atoms with van der Waals surface area (Å²) in [6.07, 6.45) is 4.27. The fourth-order valence-corrected chi connectivity index (χ4v) is 8.83. The maximum absolute atomic E-state index is 13.7. The monoisotopic (exact) mass is 1080 g/mol. The summed E-state index contributed by atoms with van der Waals surface area (Å²) in [5.41, 5.74) is 10.3. The Morgan fingerprint density at radius 1 is 0.364 bits per heavy atom.